The molecule has 1 unspecified atom stereocenters. The van der Waals surface area contributed by atoms with Crippen LogP contribution < -0.4 is 16.2 Å². The number of anilines is 1. The van der Waals surface area contributed by atoms with E-state index in [1.807, 2.05) is 0 Å². The molecule has 96 valence electrons. The fourth-order valence-corrected chi connectivity index (χ4v) is 2.35. The van der Waals surface area contributed by atoms with Gasteiger partial charge in [-0.25, -0.2) is 13.6 Å². The average molecular weight is 257 g/mol. The minimum atomic E-state index is -3.71. The van der Waals surface area contributed by atoms with Crippen LogP contribution in [0.1, 0.15) is 19.8 Å². The molecule has 1 aromatic rings. The highest BCUT2D eigenvalue weighted by Gasteiger charge is 2.15. The van der Waals surface area contributed by atoms with Gasteiger partial charge in [0.25, 0.3) is 0 Å². The first-order valence-electron chi connectivity index (χ1n) is 5.57. The summed E-state index contributed by atoms with van der Waals surface area (Å²) in [4.78, 5) is 0.106. The van der Waals surface area contributed by atoms with Crippen molar-refractivity contribution >= 4 is 15.7 Å². The van der Waals surface area contributed by atoms with Crippen LogP contribution in [0.25, 0.3) is 0 Å². The topological polar surface area (TPSA) is 98.2 Å². The molecule has 6 heteroatoms. The van der Waals surface area contributed by atoms with Crippen molar-refractivity contribution in [2.75, 3.05) is 11.9 Å². The van der Waals surface area contributed by atoms with Crippen LogP contribution in [0.2, 0.25) is 0 Å². The predicted octanol–water partition coefficient (Wildman–Crippen LogP) is 0.873. The average Bonchev–Trinajstić information content (AvgIpc) is 2.27. The molecule has 1 rings (SSSR count). The van der Waals surface area contributed by atoms with Crippen LogP contribution in [0.3, 0.4) is 0 Å². The first kappa shape index (κ1) is 14.0. The van der Waals surface area contributed by atoms with Crippen molar-refractivity contribution in [2.45, 2.75) is 30.7 Å². The SMILES string of the molecule is CCCC(CN)Nc1ccccc1S(N)(=O)=O. The molecular formula is C11H19N3O2S. The van der Waals surface area contributed by atoms with E-state index in [0.29, 0.717) is 12.2 Å². The number of benzene rings is 1. The first-order valence-corrected chi connectivity index (χ1v) is 7.12. The van der Waals surface area contributed by atoms with Crippen molar-refractivity contribution in [3.05, 3.63) is 24.3 Å². The number of hydrogen-bond donors (Lipinski definition) is 3. The standard InChI is InChI=1S/C11H19N3O2S/c1-2-5-9(8-12)14-10-6-3-4-7-11(10)17(13,15)16/h3-4,6-7,9,14H,2,5,8,12H2,1H3,(H2,13,15,16). The normalized spacial score (nSPS) is 13.4. The van der Waals surface area contributed by atoms with Gasteiger partial charge in [-0.15, -0.1) is 0 Å². The van der Waals surface area contributed by atoms with Crippen molar-refractivity contribution in [1.82, 2.24) is 0 Å². The molecule has 1 atom stereocenters. The smallest absolute Gasteiger partial charge is 0.240 e. The second-order valence-corrected chi connectivity index (χ2v) is 5.44. The van der Waals surface area contributed by atoms with Crippen molar-refractivity contribution in [2.24, 2.45) is 10.9 Å². The van der Waals surface area contributed by atoms with Gasteiger partial charge < -0.3 is 11.1 Å². The van der Waals surface area contributed by atoms with Crippen molar-refractivity contribution in [1.29, 1.82) is 0 Å². The van der Waals surface area contributed by atoms with Crippen LogP contribution in [-0.4, -0.2) is 21.0 Å². The molecule has 0 aliphatic carbocycles. The lowest BCUT2D eigenvalue weighted by Gasteiger charge is -2.19. The summed E-state index contributed by atoms with van der Waals surface area (Å²) < 4.78 is 22.8. The Morgan fingerprint density at radius 3 is 2.53 bits per heavy atom. The van der Waals surface area contributed by atoms with E-state index in [2.05, 4.69) is 12.2 Å². The number of nitrogens with two attached hydrogens (primary N) is 2. The predicted molar refractivity (Wildman–Crippen MR) is 69.2 cm³/mol. The lowest BCUT2D eigenvalue weighted by molar-refractivity contribution is 0.597. The molecule has 1 aromatic carbocycles. The van der Waals surface area contributed by atoms with E-state index in [1.54, 1.807) is 18.2 Å². The first-order chi connectivity index (χ1) is 7.99. The second kappa shape index (κ2) is 6.00. The lowest BCUT2D eigenvalue weighted by Crippen LogP contribution is -2.29. The van der Waals surface area contributed by atoms with E-state index in [9.17, 15) is 8.42 Å². The summed E-state index contributed by atoms with van der Waals surface area (Å²) in [6.45, 7) is 2.50. The van der Waals surface area contributed by atoms with Gasteiger partial charge in [-0.3, -0.25) is 0 Å². The van der Waals surface area contributed by atoms with Gasteiger partial charge >= 0.3 is 0 Å². The Bertz CT molecular complexity index is 460. The Balaban J connectivity index is 2.98. The summed E-state index contributed by atoms with van der Waals surface area (Å²) in [6, 6.07) is 6.64. The molecule has 0 bridgehead atoms. The van der Waals surface area contributed by atoms with Crippen LogP contribution in [0, 0.1) is 0 Å². The van der Waals surface area contributed by atoms with Gasteiger partial charge in [-0.05, 0) is 18.6 Å². The summed E-state index contributed by atoms with van der Waals surface area (Å²) in [7, 11) is -3.71. The Kier molecular flexibility index (Phi) is 4.92. The summed E-state index contributed by atoms with van der Waals surface area (Å²) in [5.74, 6) is 0. The zero-order chi connectivity index (χ0) is 12.9. The number of primary sulfonamides is 1. The molecule has 0 aliphatic heterocycles. The minimum absolute atomic E-state index is 0.0582. The largest absolute Gasteiger partial charge is 0.380 e. The van der Waals surface area contributed by atoms with E-state index in [0.717, 1.165) is 12.8 Å². The highest BCUT2D eigenvalue weighted by atomic mass is 32.2. The Morgan fingerprint density at radius 1 is 1.35 bits per heavy atom. The van der Waals surface area contributed by atoms with Gasteiger partial charge in [-0.1, -0.05) is 25.5 Å². The summed E-state index contributed by atoms with van der Waals surface area (Å²) >= 11 is 0. The number of para-hydroxylation sites is 1. The second-order valence-electron chi connectivity index (χ2n) is 3.91. The fraction of sp³-hybridized carbons (Fsp3) is 0.455. The van der Waals surface area contributed by atoms with Crippen molar-refractivity contribution < 1.29 is 8.42 Å². The van der Waals surface area contributed by atoms with Gasteiger partial charge in [0.2, 0.25) is 10.0 Å². The highest BCUT2D eigenvalue weighted by Crippen LogP contribution is 2.20. The molecule has 0 saturated carbocycles. The van der Waals surface area contributed by atoms with Gasteiger partial charge in [0.05, 0.1) is 5.69 Å². The van der Waals surface area contributed by atoms with Crippen LogP contribution in [0.5, 0.6) is 0 Å². The molecule has 0 aliphatic rings. The molecule has 0 heterocycles. The van der Waals surface area contributed by atoms with Crippen LogP contribution in [-0.2, 0) is 10.0 Å². The molecule has 0 spiro atoms. The van der Waals surface area contributed by atoms with Crippen molar-refractivity contribution in [3.8, 4) is 0 Å². The monoisotopic (exact) mass is 257 g/mol. The number of rotatable bonds is 6. The summed E-state index contributed by atoms with van der Waals surface area (Å²) in [6.07, 6.45) is 1.86. The molecule has 0 fully saturated rings. The quantitative estimate of drug-likeness (QED) is 0.704. The molecule has 5 nitrogen and oxygen atoms in total. The Labute approximate surface area is 102 Å². The van der Waals surface area contributed by atoms with E-state index in [4.69, 9.17) is 10.9 Å². The molecule has 0 saturated heterocycles. The number of nitrogens with one attached hydrogen (secondary N) is 1. The van der Waals surface area contributed by atoms with Crippen LogP contribution >= 0.6 is 0 Å². The third-order valence-electron chi connectivity index (χ3n) is 2.47. The van der Waals surface area contributed by atoms with Gasteiger partial charge in [0, 0.05) is 12.6 Å². The van der Waals surface area contributed by atoms with Crippen molar-refractivity contribution in [3.63, 3.8) is 0 Å². The lowest BCUT2D eigenvalue weighted by atomic mass is 10.1. The van der Waals surface area contributed by atoms with Gasteiger partial charge in [0.1, 0.15) is 4.90 Å². The maximum atomic E-state index is 11.4. The third-order valence-corrected chi connectivity index (χ3v) is 3.44. The molecule has 0 aromatic heterocycles. The molecule has 17 heavy (non-hydrogen) atoms. The van der Waals surface area contributed by atoms with E-state index < -0.39 is 10.0 Å². The summed E-state index contributed by atoms with van der Waals surface area (Å²) in [5.41, 5.74) is 6.14. The molecule has 5 N–H and O–H groups in total. The van der Waals surface area contributed by atoms with E-state index >= 15 is 0 Å². The molecular weight excluding hydrogens is 238 g/mol. The van der Waals surface area contributed by atoms with E-state index in [-0.39, 0.29) is 10.9 Å². The Hall–Kier alpha value is -1.11. The van der Waals surface area contributed by atoms with Crippen LogP contribution in [0.15, 0.2) is 29.2 Å². The van der Waals surface area contributed by atoms with Crippen LogP contribution in [0.4, 0.5) is 5.69 Å². The Morgan fingerprint density at radius 2 is 2.00 bits per heavy atom. The molecule has 0 amide bonds. The number of sulfonamides is 1. The third kappa shape index (κ3) is 3.99. The van der Waals surface area contributed by atoms with Gasteiger partial charge in [0.15, 0.2) is 0 Å². The fourth-order valence-electron chi connectivity index (χ4n) is 1.65. The van der Waals surface area contributed by atoms with E-state index in [1.165, 1.54) is 6.07 Å². The molecule has 0 radical (unpaired) electrons. The minimum Gasteiger partial charge on any atom is -0.380 e. The highest BCUT2D eigenvalue weighted by molar-refractivity contribution is 7.89. The maximum Gasteiger partial charge on any atom is 0.240 e. The zero-order valence-corrected chi connectivity index (χ0v) is 10.7. The maximum absolute atomic E-state index is 11.4. The van der Waals surface area contributed by atoms with Gasteiger partial charge in [-0.2, -0.15) is 0 Å². The number of hydrogen-bond acceptors (Lipinski definition) is 4. The summed E-state index contributed by atoms with van der Waals surface area (Å²) in [5, 5.41) is 8.27. The zero-order valence-electron chi connectivity index (χ0n) is 9.89.